The van der Waals surface area contributed by atoms with E-state index in [0.717, 1.165) is 12.8 Å². The predicted octanol–water partition coefficient (Wildman–Crippen LogP) is -0.464. The zero-order chi connectivity index (χ0) is 14.8. The standard InChI is InChI=1S/C14H21N5O2/c15-3-4-17-9-12(16-10-17)14(21)19-7-5-18(6-8-19)13(20)11-1-2-11/h9-11H,1-8,15H2. The smallest absolute Gasteiger partial charge is 0.274 e. The van der Waals surface area contributed by atoms with Gasteiger partial charge in [-0.05, 0) is 12.8 Å². The van der Waals surface area contributed by atoms with Gasteiger partial charge in [-0.3, -0.25) is 9.59 Å². The molecule has 0 atom stereocenters. The number of imidazole rings is 1. The average Bonchev–Trinajstić information content (AvgIpc) is 3.26. The van der Waals surface area contributed by atoms with E-state index in [1.165, 1.54) is 0 Å². The second-order valence-corrected chi connectivity index (χ2v) is 5.68. The van der Waals surface area contributed by atoms with Crippen molar-refractivity contribution >= 4 is 11.8 Å². The Kier molecular flexibility index (Phi) is 3.92. The van der Waals surface area contributed by atoms with Crippen LogP contribution in [0.2, 0.25) is 0 Å². The molecule has 2 aliphatic rings. The van der Waals surface area contributed by atoms with Crippen molar-refractivity contribution in [2.75, 3.05) is 32.7 Å². The van der Waals surface area contributed by atoms with Gasteiger partial charge in [0.25, 0.3) is 5.91 Å². The van der Waals surface area contributed by atoms with E-state index in [4.69, 9.17) is 5.73 Å². The van der Waals surface area contributed by atoms with Crippen molar-refractivity contribution in [3.8, 4) is 0 Å². The zero-order valence-corrected chi connectivity index (χ0v) is 12.1. The van der Waals surface area contributed by atoms with E-state index in [2.05, 4.69) is 4.98 Å². The van der Waals surface area contributed by atoms with Gasteiger partial charge in [0.1, 0.15) is 5.69 Å². The summed E-state index contributed by atoms with van der Waals surface area (Å²) in [4.78, 5) is 32.1. The van der Waals surface area contributed by atoms with Crippen LogP contribution in [-0.4, -0.2) is 63.9 Å². The molecule has 0 spiro atoms. The molecular weight excluding hydrogens is 270 g/mol. The van der Waals surface area contributed by atoms with Crippen molar-refractivity contribution in [3.05, 3.63) is 18.2 Å². The van der Waals surface area contributed by atoms with Gasteiger partial charge in [-0.25, -0.2) is 4.98 Å². The van der Waals surface area contributed by atoms with Crippen LogP contribution in [0.1, 0.15) is 23.3 Å². The van der Waals surface area contributed by atoms with Crippen LogP contribution in [0.3, 0.4) is 0 Å². The lowest BCUT2D eigenvalue weighted by molar-refractivity contribution is -0.134. The summed E-state index contributed by atoms with van der Waals surface area (Å²) in [5.74, 6) is 0.442. The van der Waals surface area contributed by atoms with Crippen LogP contribution < -0.4 is 5.73 Å². The molecular formula is C14H21N5O2. The minimum atomic E-state index is -0.0655. The lowest BCUT2D eigenvalue weighted by atomic mass is 10.2. The van der Waals surface area contributed by atoms with E-state index in [0.29, 0.717) is 45.0 Å². The molecule has 1 aromatic heterocycles. The fraction of sp³-hybridized carbons (Fsp3) is 0.643. The molecule has 21 heavy (non-hydrogen) atoms. The monoisotopic (exact) mass is 291 g/mol. The third-order valence-corrected chi connectivity index (χ3v) is 4.04. The van der Waals surface area contributed by atoms with Crippen molar-refractivity contribution in [2.24, 2.45) is 11.7 Å². The highest BCUT2D eigenvalue weighted by atomic mass is 16.2. The lowest BCUT2D eigenvalue weighted by Gasteiger charge is -2.34. The molecule has 2 fully saturated rings. The third kappa shape index (κ3) is 3.07. The Bertz CT molecular complexity index is 529. The second kappa shape index (κ2) is 5.85. The highest BCUT2D eigenvalue weighted by molar-refractivity contribution is 5.92. The van der Waals surface area contributed by atoms with Gasteiger partial charge in [0.15, 0.2) is 0 Å². The van der Waals surface area contributed by atoms with Gasteiger partial charge in [0, 0.05) is 51.4 Å². The molecule has 2 amide bonds. The minimum absolute atomic E-state index is 0.0655. The first-order valence-corrected chi connectivity index (χ1v) is 7.49. The fourth-order valence-electron chi connectivity index (χ4n) is 2.62. The van der Waals surface area contributed by atoms with Crippen molar-refractivity contribution in [3.63, 3.8) is 0 Å². The molecule has 1 saturated heterocycles. The third-order valence-electron chi connectivity index (χ3n) is 4.04. The van der Waals surface area contributed by atoms with Crippen LogP contribution in [0, 0.1) is 5.92 Å². The highest BCUT2D eigenvalue weighted by Gasteiger charge is 2.35. The maximum absolute atomic E-state index is 12.4. The summed E-state index contributed by atoms with van der Waals surface area (Å²) in [7, 11) is 0. The summed E-state index contributed by atoms with van der Waals surface area (Å²) < 4.78 is 1.82. The first-order chi connectivity index (χ1) is 10.2. The van der Waals surface area contributed by atoms with E-state index in [-0.39, 0.29) is 17.7 Å². The Morgan fingerprint density at radius 3 is 2.48 bits per heavy atom. The number of aromatic nitrogens is 2. The molecule has 0 radical (unpaired) electrons. The average molecular weight is 291 g/mol. The highest BCUT2D eigenvalue weighted by Crippen LogP contribution is 2.31. The van der Waals surface area contributed by atoms with Gasteiger partial charge in [0.05, 0.1) is 6.33 Å². The number of piperazine rings is 1. The van der Waals surface area contributed by atoms with E-state index in [1.807, 2.05) is 9.47 Å². The molecule has 0 unspecified atom stereocenters. The Morgan fingerprint density at radius 1 is 1.19 bits per heavy atom. The van der Waals surface area contributed by atoms with Crippen molar-refractivity contribution in [2.45, 2.75) is 19.4 Å². The molecule has 0 aromatic carbocycles. The number of carbonyl (C=O) groups excluding carboxylic acids is 2. The Labute approximate surface area is 123 Å². The summed E-state index contributed by atoms with van der Waals surface area (Å²) in [6.45, 7) is 3.60. The number of amides is 2. The van der Waals surface area contributed by atoms with Crippen molar-refractivity contribution in [1.82, 2.24) is 19.4 Å². The number of nitrogens with two attached hydrogens (primary N) is 1. The minimum Gasteiger partial charge on any atom is -0.339 e. The van der Waals surface area contributed by atoms with Crippen molar-refractivity contribution < 1.29 is 9.59 Å². The quantitative estimate of drug-likeness (QED) is 0.813. The maximum atomic E-state index is 12.4. The maximum Gasteiger partial charge on any atom is 0.274 e. The molecule has 1 aromatic rings. The predicted molar refractivity (Wildman–Crippen MR) is 76.5 cm³/mol. The molecule has 3 rings (SSSR count). The molecule has 2 heterocycles. The molecule has 7 heteroatoms. The van der Waals surface area contributed by atoms with E-state index >= 15 is 0 Å². The fourth-order valence-corrected chi connectivity index (χ4v) is 2.62. The van der Waals surface area contributed by atoms with Crippen LogP contribution in [0.4, 0.5) is 0 Å². The topological polar surface area (TPSA) is 84.5 Å². The molecule has 7 nitrogen and oxygen atoms in total. The second-order valence-electron chi connectivity index (χ2n) is 5.68. The normalized spacial score (nSPS) is 18.9. The van der Waals surface area contributed by atoms with E-state index < -0.39 is 0 Å². The van der Waals surface area contributed by atoms with Crippen LogP contribution in [0.25, 0.3) is 0 Å². The molecule has 1 saturated carbocycles. The lowest BCUT2D eigenvalue weighted by Crippen LogP contribution is -2.51. The number of hydrogen-bond donors (Lipinski definition) is 1. The van der Waals surface area contributed by atoms with Gasteiger partial charge < -0.3 is 20.1 Å². The van der Waals surface area contributed by atoms with Crippen LogP contribution in [0.5, 0.6) is 0 Å². The van der Waals surface area contributed by atoms with Crippen LogP contribution in [-0.2, 0) is 11.3 Å². The number of carbonyl (C=O) groups is 2. The molecule has 1 aliphatic carbocycles. The van der Waals surface area contributed by atoms with Crippen LogP contribution in [0.15, 0.2) is 12.5 Å². The number of rotatable bonds is 4. The molecule has 2 N–H and O–H groups in total. The van der Waals surface area contributed by atoms with Gasteiger partial charge in [-0.15, -0.1) is 0 Å². The van der Waals surface area contributed by atoms with E-state index in [9.17, 15) is 9.59 Å². The van der Waals surface area contributed by atoms with Gasteiger partial charge in [0.2, 0.25) is 5.91 Å². The van der Waals surface area contributed by atoms with Gasteiger partial charge >= 0.3 is 0 Å². The van der Waals surface area contributed by atoms with Crippen molar-refractivity contribution in [1.29, 1.82) is 0 Å². The number of nitrogens with zero attached hydrogens (tertiary/aromatic N) is 4. The summed E-state index contributed by atoms with van der Waals surface area (Å²) >= 11 is 0. The van der Waals surface area contributed by atoms with E-state index in [1.54, 1.807) is 17.4 Å². The summed E-state index contributed by atoms with van der Waals surface area (Å²) in [6, 6.07) is 0. The summed E-state index contributed by atoms with van der Waals surface area (Å²) in [5, 5.41) is 0. The Morgan fingerprint density at radius 2 is 1.86 bits per heavy atom. The first-order valence-electron chi connectivity index (χ1n) is 7.49. The number of hydrogen-bond acceptors (Lipinski definition) is 4. The van der Waals surface area contributed by atoms with Crippen LogP contribution >= 0.6 is 0 Å². The molecule has 0 bridgehead atoms. The Balaban J connectivity index is 1.55. The molecule has 1 aliphatic heterocycles. The SMILES string of the molecule is NCCn1cnc(C(=O)N2CCN(C(=O)C3CC3)CC2)c1. The summed E-state index contributed by atoms with van der Waals surface area (Å²) in [5.41, 5.74) is 5.93. The largest absolute Gasteiger partial charge is 0.339 e. The molecule has 114 valence electrons. The Hall–Kier alpha value is -1.89. The van der Waals surface area contributed by atoms with Gasteiger partial charge in [-0.1, -0.05) is 0 Å². The zero-order valence-electron chi connectivity index (χ0n) is 12.1. The van der Waals surface area contributed by atoms with Gasteiger partial charge in [-0.2, -0.15) is 0 Å². The summed E-state index contributed by atoms with van der Waals surface area (Å²) in [6.07, 6.45) is 5.41. The first kappa shape index (κ1) is 14.1.